The molecule has 3 heteroatoms. The van der Waals surface area contributed by atoms with E-state index in [2.05, 4.69) is 16.2 Å². The molecule has 0 fully saturated rings. The van der Waals surface area contributed by atoms with Crippen molar-refractivity contribution in [3.8, 4) is 0 Å². The second-order valence-electron chi connectivity index (χ2n) is 3.37. The number of nitrogens with zero attached hydrogens (tertiary/aromatic N) is 1. The molecule has 0 bridgehead atoms. The molecular weight excluding hydrogens is 176 g/mol. The van der Waals surface area contributed by atoms with Crippen LogP contribution in [-0.4, -0.2) is 15.9 Å². The number of benzene rings is 1. The van der Waals surface area contributed by atoms with Crippen molar-refractivity contribution < 1.29 is 5.21 Å². The van der Waals surface area contributed by atoms with Crippen molar-refractivity contribution in [2.75, 3.05) is 0 Å². The van der Waals surface area contributed by atoms with Gasteiger partial charge in [-0.3, -0.25) is 0 Å². The van der Waals surface area contributed by atoms with Crippen molar-refractivity contribution in [1.29, 1.82) is 0 Å². The van der Waals surface area contributed by atoms with Gasteiger partial charge in [-0.1, -0.05) is 23.4 Å². The number of aromatic amines is 1. The number of hydrogen-bond donors (Lipinski definition) is 2. The van der Waals surface area contributed by atoms with E-state index >= 15 is 0 Å². The fourth-order valence-electron chi connectivity index (χ4n) is 1.59. The van der Waals surface area contributed by atoms with E-state index in [4.69, 9.17) is 5.21 Å². The Morgan fingerprint density at radius 2 is 2.21 bits per heavy atom. The second kappa shape index (κ2) is 3.54. The SMILES string of the molecule is C/C(Cc1c[nH]c2ccccc12)=N/O. The third-order valence-electron chi connectivity index (χ3n) is 2.29. The molecule has 1 heterocycles. The van der Waals surface area contributed by atoms with Crippen LogP contribution < -0.4 is 0 Å². The number of hydrogen-bond acceptors (Lipinski definition) is 2. The molecule has 0 unspecified atom stereocenters. The molecule has 14 heavy (non-hydrogen) atoms. The Bertz CT molecular complexity index is 471. The van der Waals surface area contributed by atoms with E-state index in [9.17, 15) is 0 Å². The van der Waals surface area contributed by atoms with Crippen molar-refractivity contribution in [3.05, 3.63) is 36.0 Å². The van der Waals surface area contributed by atoms with Crippen LogP contribution in [0.15, 0.2) is 35.6 Å². The van der Waals surface area contributed by atoms with Crippen LogP contribution in [0.4, 0.5) is 0 Å². The van der Waals surface area contributed by atoms with Crippen LogP contribution in [0.5, 0.6) is 0 Å². The van der Waals surface area contributed by atoms with Gasteiger partial charge in [-0.2, -0.15) is 0 Å². The molecule has 0 aliphatic carbocycles. The highest BCUT2D eigenvalue weighted by atomic mass is 16.4. The lowest BCUT2D eigenvalue weighted by atomic mass is 10.1. The third kappa shape index (κ3) is 1.48. The Morgan fingerprint density at radius 1 is 1.43 bits per heavy atom. The smallest absolute Gasteiger partial charge is 0.0584 e. The van der Waals surface area contributed by atoms with Gasteiger partial charge in [0.15, 0.2) is 0 Å². The summed E-state index contributed by atoms with van der Waals surface area (Å²) in [5.41, 5.74) is 3.00. The second-order valence-corrected chi connectivity index (χ2v) is 3.37. The van der Waals surface area contributed by atoms with E-state index in [1.165, 1.54) is 5.39 Å². The van der Waals surface area contributed by atoms with E-state index in [0.29, 0.717) is 6.42 Å². The number of fused-ring (bicyclic) bond motifs is 1. The molecule has 0 saturated heterocycles. The summed E-state index contributed by atoms with van der Waals surface area (Å²) in [5, 5.41) is 12.9. The first kappa shape index (κ1) is 8.81. The normalized spacial score (nSPS) is 12.2. The highest BCUT2D eigenvalue weighted by molar-refractivity contribution is 5.90. The van der Waals surface area contributed by atoms with Crippen molar-refractivity contribution in [2.24, 2.45) is 5.16 Å². The maximum absolute atomic E-state index is 8.58. The lowest BCUT2D eigenvalue weighted by Gasteiger charge is -1.96. The summed E-state index contributed by atoms with van der Waals surface area (Å²) in [6, 6.07) is 8.09. The molecule has 0 radical (unpaired) electrons. The Morgan fingerprint density at radius 3 is 3.00 bits per heavy atom. The monoisotopic (exact) mass is 188 g/mol. The number of oxime groups is 1. The van der Waals surface area contributed by atoms with Gasteiger partial charge in [0.2, 0.25) is 0 Å². The number of rotatable bonds is 2. The minimum atomic E-state index is 0.681. The molecule has 0 atom stereocenters. The van der Waals surface area contributed by atoms with Gasteiger partial charge >= 0.3 is 0 Å². The van der Waals surface area contributed by atoms with E-state index < -0.39 is 0 Å². The molecule has 2 aromatic rings. The topological polar surface area (TPSA) is 48.4 Å². The first-order chi connectivity index (χ1) is 6.81. The fraction of sp³-hybridized carbons (Fsp3) is 0.182. The van der Waals surface area contributed by atoms with Gasteiger partial charge in [-0.25, -0.2) is 0 Å². The molecule has 72 valence electrons. The quantitative estimate of drug-likeness (QED) is 0.424. The zero-order valence-electron chi connectivity index (χ0n) is 7.99. The minimum Gasteiger partial charge on any atom is -0.411 e. The Hall–Kier alpha value is -1.77. The van der Waals surface area contributed by atoms with Crippen molar-refractivity contribution in [3.63, 3.8) is 0 Å². The summed E-state index contributed by atoms with van der Waals surface area (Å²) in [4.78, 5) is 3.18. The lowest BCUT2D eigenvalue weighted by molar-refractivity contribution is 0.317. The van der Waals surface area contributed by atoms with Gasteiger partial charge in [0, 0.05) is 23.5 Å². The summed E-state index contributed by atoms with van der Waals surface area (Å²) < 4.78 is 0. The van der Waals surface area contributed by atoms with Crippen LogP contribution in [0.3, 0.4) is 0 Å². The highest BCUT2D eigenvalue weighted by Crippen LogP contribution is 2.18. The predicted octanol–water partition coefficient (Wildman–Crippen LogP) is 2.56. The highest BCUT2D eigenvalue weighted by Gasteiger charge is 2.03. The predicted molar refractivity (Wildman–Crippen MR) is 56.9 cm³/mol. The van der Waals surface area contributed by atoms with Crippen LogP contribution in [-0.2, 0) is 6.42 Å². The van der Waals surface area contributed by atoms with Crippen LogP contribution in [0.2, 0.25) is 0 Å². The van der Waals surface area contributed by atoms with E-state index in [-0.39, 0.29) is 0 Å². The summed E-state index contributed by atoms with van der Waals surface area (Å²) in [6.45, 7) is 1.81. The zero-order valence-corrected chi connectivity index (χ0v) is 7.99. The number of nitrogens with one attached hydrogen (secondary N) is 1. The van der Waals surface area contributed by atoms with Gasteiger partial charge in [-0.05, 0) is 18.6 Å². The summed E-state index contributed by atoms with van der Waals surface area (Å²) in [6.07, 6.45) is 2.64. The third-order valence-corrected chi connectivity index (χ3v) is 2.29. The maximum atomic E-state index is 8.58. The first-order valence-electron chi connectivity index (χ1n) is 4.54. The summed E-state index contributed by atoms with van der Waals surface area (Å²) in [5.74, 6) is 0. The van der Waals surface area contributed by atoms with E-state index in [1.807, 2.05) is 31.3 Å². The average Bonchev–Trinajstić information content (AvgIpc) is 2.62. The molecule has 0 spiro atoms. The molecule has 0 aliphatic heterocycles. The zero-order chi connectivity index (χ0) is 9.97. The largest absolute Gasteiger partial charge is 0.411 e. The Labute approximate surface area is 82.1 Å². The number of aromatic nitrogens is 1. The van der Waals surface area contributed by atoms with Crippen LogP contribution in [0.1, 0.15) is 12.5 Å². The molecule has 2 N–H and O–H groups in total. The Balaban J connectivity index is 2.43. The molecule has 1 aromatic carbocycles. The van der Waals surface area contributed by atoms with Crippen LogP contribution in [0, 0.1) is 0 Å². The Kier molecular flexibility index (Phi) is 2.23. The van der Waals surface area contributed by atoms with Crippen molar-refractivity contribution in [2.45, 2.75) is 13.3 Å². The standard InChI is InChI=1S/C11H12N2O/c1-8(13-14)6-9-7-12-11-5-3-2-4-10(9)11/h2-5,7,12,14H,6H2,1H3/b13-8-. The number of para-hydroxylation sites is 1. The molecule has 2 rings (SSSR count). The number of H-pyrrole nitrogens is 1. The van der Waals surface area contributed by atoms with Gasteiger partial charge in [0.05, 0.1) is 5.71 Å². The van der Waals surface area contributed by atoms with Crippen LogP contribution >= 0.6 is 0 Å². The molecular formula is C11H12N2O. The van der Waals surface area contributed by atoms with E-state index in [1.54, 1.807) is 0 Å². The maximum Gasteiger partial charge on any atom is 0.0584 e. The van der Waals surface area contributed by atoms with Gasteiger partial charge < -0.3 is 10.2 Å². The van der Waals surface area contributed by atoms with Crippen LogP contribution in [0.25, 0.3) is 10.9 Å². The molecule has 0 amide bonds. The molecule has 0 aliphatic rings. The molecule has 0 saturated carbocycles. The van der Waals surface area contributed by atoms with E-state index in [0.717, 1.165) is 16.8 Å². The fourth-order valence-corrected chi connectivity index (χ4v) is 1.59. The molecule has 1 aromatic heterocycles. The molecule has 3 nitrogen and oxygen atoms in total. The minimum absolute atomic E-state index is 0.681. The van der Waals surface area contributed by atoms with Gasteiger partial charge in [0.1, 0.15) is 0 Å². The van der Waals surface area contributed by atoms with Gasteiger partial charge in [0.25, 0.3) is 0 Å². The van der Waals surface area contributed by atoms with Crippen molar-refractivity contribution in [1.82, 2.24) is 4.98 Å². The van der Waals surface area contributed by atoms with Crippen molar-refractivity contribution >= 4 is 16.6 Å². The first-order valence-corrected chi connectivity index (χ1v) is 4.54. The average molecular weight is 188 g/mol. The van der Waals surface area contributed by atoms with Gasteiger partial charge in [-0.15, -0.1) is 0 Å². The lowest BCUT2D eigenvalue weighted by Crippen LogP contribution is -1.95. The summed E-state index contributed by atoms with van der Waals surface area (Å²) in [7, 11) is 0. The summed E-state index contributed by atoms with van der Waals surface area (Å²) >= 11 is 0.